The van der Waals surface area contributed by atoms with Crippen LogP contribution in [-0.4, -0.2) is 20.9 Å². The molecule has 0 unspecified atom stereocenters. The van der Waals surface area contributed by atoms with Gasteiger partial charge in [0.1, 0.15) is 12.0 Å². The van der Waals surface area contributed by atoms with Gasteiger partial charge in [-0.25, -0.2) is 15.0 Å². The molecule has 0 aliphatic rings. The third-order valence-corrected chi connectivity index (χ3v) is 4.33. The number of anilines is 4. The van der Waals surface area contributed by atoms with Crippen LogP contribution in [0.3, 0.4) is 0 Å². The van der Waals surface area contributed by atoms with Gasteiger partial charge in [0.25, 0.3) is 5.91 Å². The number of benzene rings is 1. The van der Waals surface area contributed by atoms with Crippen molar-refractivity contribution in [2.24, 2.45) is 0 Å². The minimum absolute atomic E-state index is 0.264. The number of hydrazine groups is 1. The Hall–Kier alpha value is -2.72. The highest BCUT2D eigenvalue weighted by molar-refractivity contribution is 9.10. The zero-order chi connectivity index (χ0) is 16.9. The lowest BCUT2D eigenvalue weighted by Gasteiger charge is -2.12. The first-order valence-electron chi connectivity index (χ1n) is 6.73. The van der Waals surface area contributed by atoms with E-state index in [1.165, 1.54) is 17.7 Å². The van der Waals surface area contributed by atoms with Crippen molar-refractivity contribution in [3.8, 4) is 0 Å². The van der Waals surface area contributed by atoms with E-state index in [1.807, 2.05) is 11.4 Å². The first-order valence-corrected chi connectivity index (χ1v) is 8.40. The van der Waals surface area contributed by atoms with Gasteiger partial charge in [-0.15, -0.1) is 11.3 Å². The molecule has 1 amide bonds. The Morgan fingerprint density at radius 3 is 2.71 bits per heavy atom. The monoisotopic (exact) mass is 405 g/mol. The zero-order valence-electron chi connectivity index (χ0n) is 12.2. The van der Waals surface area contributed by atoms with E-state index in [1.54, 1.807) is 24.4 Å². The van der Waals surface area contributed by atoms with Gasteiger partial charge >= 0.3 is 0 Å². The summed E-state index contributed by atoms with van der Waals surface area (Å²) in [6.45, 7) is 0. The number of nitrogens with two attached hydrogens (primary N) is 1. The Kier molecular flexibility index (Phi) is 4.87. The highest BCUT2D eigenvalue weighted by Crippen LogP contribution is 2.26. The van der Waals surface area contributed by atoms with Crippen molar-refractivity contribution in [2.45, 2.75) is 0 Å². The third kappa shape index (κ3) is 3.60. The Morgan fingerprint density at radius 2 is 1.96 bits per heavy atom. The van der Waals surface area contributed by atoms with Gasteiger partial charge in [0, 0.05) is 16.0 Å². The standard InChI is InChI=1S/C14H12BrN7OS/c15-9-4-2-1-3-8(9)13(23)22-21-12-10(16)11(18-7-19-12)20-14-17-5-6-24-14/h1-7H,16H2,(H,22,23)(H2,17,18,19,20,21). The molecule has 1 aromatic carbocycles. The number of halogens is 1. The minimum Gasteiger partial charge on any atom is -0.393 e. The van der Waals surface area contributed by atoms with Gasteiger partial charge in [0.15, 0.2) is 16.8 Å². The van der Waals surface area contributed by atoms with E-state index in [2.05, 4.69) is 47.1 Å². The molecule has 0 aliphatic heterocycles. The summed E-state index contributed by atoms with van der Waals surface area (Å²) in [5.74, 6) is 0.358. The highest BCUT2D eigenvalue weighted by Gasteiger charge is 2.12. The fourth-order valence-corrected chi connectivity index (χ4v) is 2.80. The summed E-state index contributed by atoms with van der Waals surface area (Å²) < 4.78 is 0.686. The molecule has 0 fully saturated rings. The molecule has 0 radical (unpaired) electrons. The molecular weight excluding hydrogens is 394 g/mol. The van der Waals surface area contributed by atoms with Crippen LogP contribution in [0.15, 0.2) is 46.6 Å². The Morgan fingerprint density at radius 1 is 1.17 bits per heavy atom. The second-order valence-corrected chi connectivity index (χ2v) is 6.25. The normalized spacial score (nSPS) is 10.2. The maximum Gasteiger partial charge on any atom is 0.270 e. The summed E-state index contributed by atoms with van der Waals surface area (Å²) >= 11 is 4.74. The van der Waals surface area contributed by atoms with Gasteiger partial charge in [-0.05, 0) is 28.1 Å². The third-order valence-electron chi connectivity index (χ3n) is 2.95. The van der Waals surface area contributed by atoms with Gasteiger partial charge in [0.2, 0.25) is 0 Å². The quantitative estimate of drug-likeness (QED) is 0.481. The second-order valence-electron chi connectivity index (χ2n) is 4.51. The lowest BCUT2D eigenvalue weighted by atomic mass is 10.2. The SMILES string of the molecule is Nc1c(NNC(=O)c2ccccc2Br)ncnc1Nc1nccs1. The van der Waals surface area contributed by atoms with Crippen molar-refractivity contribution in [3.05, 3.63) is 52.2 Å². The predicted molar refractivity (Wildman–Crippen MR) is 97.1 cm³/mol. The highest BCUT2D eigenvalue weighted by atomic mass is 79.9. The van der Waals surface area contributed by atoms with Crippen LogP contribution in [0.1, 0.15) is 10.4 Å². The van der Waals surface area contributed by atoms with E-state index < -0.39 is 0 Å². The maximum atomic E-state index is 12.2. The molecule has 5 N–H and O–H groups in total. The van der Waals surface area contributed by atoms with E-state index in [0.717, 1.165) is 0 Å². The van der Waals surface area contributed by atoms with E-state index in [0.29, 0.717) is 21.0 Å². The summed E-state index contributed by atoms with van der Waals surface area (Å²) in [4.78, 5) is 24.4. The van der Waals surface area contributed by atoms with Crippen LogP contribution in [0.5, 0.6) is 0 Å². The van der Waals surface area contributed by atoms with Crippen molar-refractivity contribution >= 4 is 55.6 Å². The van der Waals surface area contributed by atoms with Crippen molar-refractivity contribution < 1.29 is 4.79 Å². The fraction of sp³-hybridized carbons (Fsp3) is 0. The minimum atomic E-state index is -0.324. The van der Waals surface area contributed by atoms with Crippen LogP contribution < -0.4 is 21.9 Å². The number of aromatic nitrogens is 3. The molecule has 0 saturated heterocycles. The molecule has 8 nitrogen and oxygen atoms in total. The molecule has 24 heavy (non-hydrogen) atoms. The summed E-state index contributed by atoms with van der Waals surface area (Å²) in [6.07, 6.45) is 3.00. The number of thiazole rings is 1. The lowest BCUT2D eigenvalue weighted by Crippen LogP contribution is -2.30. The average Bonchev–Trinajstić information content (AvgIpc) is 3.09. The first kappa shape index (κ1) is 16.1. The lowest BCUT2D eigenvalue weighted by molar-refractivity contribution is 0.0962. The largest absolute Gasteiger partial charge is 0.393 e. The van der Waals surface area contributed by atoms with Crippen molar-refractivity contribution in [1.29, 1.82) is 0 Å². The van der Waals surface area contributed by atoms with Crippen molar-refractivity contribution in [2.75, 3.05) is 16.5 Å². The maximum absolute atomic E-state index is 12.2. The number of nitrogen functional groups attached to an aromatic ring is 1. The average molecular weight is 406 g/mol. The molecule has 3 rings (SSSR count). The Bertz CT molecular complexity index is 856. The van der Waals surface area contributed by atoms with Gasteiger partial charge in [-0.1, -0.05) is 12.1 Å². The van der Waals surface area contributed by atoms with Crippen LogP contribution >= 0.6 is 27.3 Å². The second kappa shape index (κ2) is 7.23. The number of carbonyl (C=O) groups excluding carboxylic acids is 1. The topological polar surface area (TPSA) is 118 Å². The van der Waals surface area contributed by atoms with Crippen molar-refractivity contribution in [1.82, 2.24) is 20.4 Å². The number of amides is 1. The van der Waals surface area contributed by atoms with E-state index in [9.17, 15) is 4.79 Å². The van der Waals surface area contributed by atoms with Gasteiger partial charge in [-0.3, -0.25) is 15.6 Å². The molecule has 0 bridgehead atoms. The Balaban J connectivity index is 1.71. The van der Waals surface area contributed by atoms with Crippen LogP contribution in [0.25, 0.3) is 0 Å². The zero-order valence-corrected chi connectivity index (χ0v) is 14.6. The van der Waals surface area contributed by atoms with Crippen LogP contribution in [0, 0.1) is 0 Å². The molecule has 0 spiro atoms. The van der Waals surface area contributed by atoms with Crippen LogP contribution in [-0.2, 0) is 0 Å². The van der Waals surface area contributed by atoms with Crippen molar-refractivity contribution in [3.63, 3.8) is 0 Å². The number of hydrogen-bond donors (Lipinski definition) is 4. The molecule has 0 saturated carbocycles. The number of rotatable bonds is 5. The van der Waals surface area contributed by atoms with E-state index >= 15 is 0 Å². The molecule has 0 aliphatic carbocycles. The number of carbonyl (C=O) groups is 1. The molecule has 3 aromatic rings. The predicted octanol–water partition coefficient (Wildman–Crippen LogP) is 2.78. The summed E-state index contributed by atoms with van der Waals surface area (Å²) in [5, 5.41) is 5.48. The number of nitrogens with one attached hydrogen (secondary N) is 3. The number of nitrogens with zero attached hydrogens (tertiary/aromatic N) is 3. The molecule has 10 heteroatoms. The van der Waals surface area contributed by atoms with Crippen LogP contribution in [0.4, 0.5) is 22.5 Å². The molecular formula is C14H12BrN7OS. The number of hydrogen-bond acceptors (Lipinski definition) is 8. The van der Waals surface area contributed by atoms with Gasteiger partial charge in [0.05, 0.1) is 5.56 Å². The summed E-state index contributed by atoms with van der Waals surface area (Å²) in [5.41, 5.74) is 12.0. The smallest absolute Gasteiger partial charge is 0.270 e. The first-order chi connectivity index (χ1) is 11.6. The summed E-state index contributed by atoms with van der Waals surface area (Å²) in [6, 6.07) is 7.08. The molecule has 2 aromatic heterocycles. The molecule has 2 heterocycles. The van der Waals surface area contributed by atoms with E-state index in [4.69, 9.17) is 5.73 Å². The molecule has 0 atom stereocenters. The van der Waals surface area contributed by atoms with Gasteiger partial charge in [-0.2, -0.15) is 0 Å². The van der Waals surface area contributed by atoms with Gasteiger partial charge < -0.3 is 11.1 Å². The Labute approximate surface area is 149 Å². The fourth-order valence-electron chi connectivity index (χ4n) is 1.81. The van der Waals surface area contributed by atoms with E-state index in [-0.39, 0.29) is 17.4 Å². The van der Waals surface area contributed by atoms with Crippen LogP contribution in [0.2, 0.25) is 0 Å². The summed E-state index contributed by atoms with van der Waals surface area (Å²) in [7, 11) is 0. The molecule has 122 valence electrons.